The lowest BCUT2D eigenvalue weighted by Gasteiger charge is -2.12. The standard InChI is InChI=1S/C16H25NO/c1-4-6-7-8-12-15(18)17-16-13(3)10-9-11-14(16)5-2/h9-11H,4-8,12H2,1-3H3,(H,17,18). The molecule has 0 fully saturated rings. The second-order valence-electron chi connectivity index (χ2n) is 4.82. The molecule has 0 saturated heterocycles. The summed E-state index contributed by atoms with van der Waals surface area (Å²) in [5, 5.41) is 3.07. The van der Waals surface area contributed by atoms with Crippen molar-refractivity contribution >= 4 is 11.6 Å². The minimum atomic E-state index is 0.148. The Balaban J connectivity index is 2.53. The first-order valence-electron chi connectivity index (χ1n) is 7.07. The average Bonchev–Trinajstić information content (AvgIpc) is 2.37. The molecule has 1 rings (SSSR count). The van der Waals surface area contributed by atoms with Crippen molar-refractivity contribution in [2.75, 3.05) is 5.32 Å². The summed E-state index contributed by atoms with van der Waals surface area (Å²) in [7, 11) is 0. The molecule has 1 aromatic rings. The molecule has 0 aromatic heterocycles. The monoisotopic (exact) mass is 247 g/mol. The van der Waals surface area contributed by atoms with Crippen LogP contribution in [0.2, 0.25) is 0 Å². The smallest absolute Gasteiger partial charge is 0.224 e. The summed E-state index contributed by atoms with van der Waals surface area (Å²) in [5.41, 5.74) is 3.38. The minimum absolute atomic E-state index is 0.148. The number of carbonyl (C=O) groups is 1. The summed E-state index contributed by atoms with van der Waals surface area (Å²) >= 11 is 0. The molecular formula is C16H25NO. The molecule has 0 aliphatic carbocycles. The largest absolute Gasteiger partial charge is 0.326 e. The first-order valence-corrected chi connectivity index (χ1v) is 7.07. The summed E-state index contributed by atoms with van der Waals surface area (Å²) in [6, 6.07) is 6.18. The van der Waals surface area contributed by atoms with Crippen LogP contribution in [0.3, 0.4) is 0 Å². The zero-order chi connectivity index (χ0) is 13.4. The van der Waals surface area contributed by atoms with Crippen molar-refractivity contribution in [1.82, 2.24) is 0 Å². The van der Waals surface area contributed by atoms with Gasteiger partial charge < -0.3 is 5.32 Å². The molecule has 100 valence electrons. The molecule has 0 aliphatic rings. The highest BCUT2D eigenvalue weighted by molar-refractivity contribution is 5.92. The normalized spacial score (nSPS) is 10.4. The van der Waals surface area contributed by atoms with E-state index in [1.165, 1.54) is 18.4 Å². The van der Waals surface area contributed by atoms with Crippen LogP contribution in [0.15, 0.2) is 18.2 Å². The van der Waals surface area contributed by atoms with Crippen molar-refractivity contribution in [3.05, 3.63) is 29.3 Å². The van der Waals surface area contributed by atoms with Gasteiger partial charge in [-0.05, 0) is 30.9 Å². The van der Waals surface area contributed by atoms with Crippen LogP contribution in [-0.4, -0.2) is 5.91 Å². The molecule has 0 bridgehead atoms. The number of rotatable bonds is 7. The van der Waals surface area contributed by atoms with Crippen molar-refractivity contribution in [2.45, 2.75) is 59.3 Å². The lowest BCUT2D eigenvalue weighted by atomic mass is 10.1. The van der Waals surface area contributed by atoms with Gasteiger partial charge in [-0.1, -0.05) is 51.3 Å². The molecule has 1 amide bonds. The van der Waals surface area contributed by atoms with E-state index in [0.717, 1.165) is 30.5 Å². The second kappa shape index (κ2) is 7.91. The fraction of sp³-hybridized carbons (Fsp3) is 0.562. The number of aryl methyl sites for hydroxylation is 2. The summed E-state index contributed by atoms with van der Waals surface area (Å²) in [6.45, 7) is 6.35. The third kappa shape index (κ3) is 4.52. The highest BCUT2D eigenvalue weighted by Crippen LogP contribution is 2.21. The Hall–Kier alpha value is -1.31. The van der Waals surface area contributed by atoms with Gasteiger partial charge in [-0.15, -0.1) is 0 Å². The van der Waals surface area contributed by atoms with Crippen molar-refractivity contribution < 1.29 is 4.79 Å². The maximum atomic E-state index is 11.9. The maximum absolute atomic E-state index is 11.9. The molecule has 2 nitrogen and oxygen atoms in total. The van der Waals surface area contributed by atoms with Gasteiger partial charge in [-0.3, -0.25) is 4.79 Å². The molecule has 2 heteroatoms. The Labute approximate surface area is 111 Å². The highest BCUT2D eigenvalue weighted by atomic mass is 16.1. The fourth-order valence-corrected chi connectivity index (χ4v) is 2.12. The Morgan fingerprint density at radius 2 is 1.94 bits per heavy atom. The summed E-state index contributed by atoms with van der Waals surface area (Å²) < 4.78 is 0. The number of para-hydroxylation sites is 1. The summed E-state index contributed by atoms with van der Waals surface area (Å²) in [5.74, 6) is 0.148. The predicted molar refractivity (Wildman–Crippen MR) is 77.9 cm³/mol. The minimum Gasteiger partial charge on any atom is -0.326 e. The van der Waals surface area contributed by atoms with E-state index >= 15 is 0 Å². The van der Waals surface area contributed by atoms with E-state index in [0.29, 0.717) is 6.42 Å². The van der Waals surface area contributed by atoms with Gasteiger partial charge in [0.05, 0.1) is 0 Å². The van der Waals surface area contributed by atoms with Gasteiger partial charge in [0.2, 0.25) is 5.91 Å². The van der Waals surface area contributed by atoms with Gasteiger partial charge in [-0.25, -0.2) is 0 Å². The highest BCUT2D eigenvalue weighted by Gasteiger charge is 2.08. The first-order chi connectivity index (χ1) is 8.69. The SMILES string of the molecule is CCCCCCC(=O)Nc1c(C)cccc1CC. The van der Waals surface area contributed by atoms with Crippen LogP contribution in [0.4, 0.5) is 5.69 Å². The molecule has 0 atom stereocenters. The molecule has 0 spiro atoms. The van der Waals surface area contributed by atoms with E-state index in [-0.39, 0.29) is 5.91 Å². The summed E-state index contributed by atoms with van der Waals surface area (Å²) in [4.78, 5) is 11.9. The van der Waals surface area contributed by atoms with Gasteiger partial charge in [0.1, 0.15) is 0 Å². The number of anilines is 1. The molecule has 0 saturated carbocycles. The third-order valence-electron chi connectivity index (χ3n) is 3.26. The van der Waals surface area contributed by atoms with E-state index in [4.69, 9.17) is 0 Å². The van der Waals surface area contributed by atoms with E-state index < -0.39 is 0 Å². The molecule has 0 aliphatic heterocycles. The van der Waals surface area contributed by atoms with Gasteiger partial charge in [0.15, 0.2) is 0 Å². The number of hydrogen-bond donors (Lipinski definition) is 1. The molecule has 0 radical (unpaired) electrons. The van der Waals surface area contributed by atoms with E-state index in [9.17, 15) is 4.79 Å². The van der Waals surface area contributed by atoms with Crippen molar-refractivity contribution in [1.29, 1.82) is 0 Å². The molecule has 0 unspecified atom stereocenters. The zero-order valence-corrected chi connectivity index (χ0v) is 11.9. The van der Waals surface area contributed by atoms with E-state index in [2.05, 4.69) is 25.2 Å². The van der Waals surface area contributed by atoms with Crippen molar-refractivity contribution in [2.24, 2.45) is 0 Å². The number of hydrogen-bond acceptors (Lipinski definition) is 1. The lowest BCUT2D eigenvalue weighted by molar-refractivity contribution is -0.116. The Morgan fingerprint density at radius 3 is 2.61 bits per heavy atom. The number of nitrogens with one attached hydrogen (secondary N) is 1. The third-order valence-corrected chi connectivity index (χ3v) is 3.26. The Bertz CT molecular complexity index is 385. The van der Waals surface area contributed by atoms with Gasteiger partial charge in [-0.2, -0.15) is 0 Å². The Morgan fingerprint density at radius 1 is 1.17 bits per heavy atom. The molecule has 1 aromatic carbocycles. The van der Waals surface area contributed by atoms with Crippen LogP contribution in [0.25, 0.3) is 0 Å². The quantitative estimate of drug-likeness (QED) is 0.708. The van der Waals surface area contributed by atoms with Crippen LogP contribution >= 0.6 is 0 Å². The average molecular weight is 247 g/mol. The van der Waals surface area contributed by atoms with Crippen LogP contribution in [0, 0.1) is 6.92 Å². The van der Waals surface area contributed by atoms with Gasteiger partial charge >= 0.3 is 0 Å². The van der Waals surface area contributed by atoms with E-state index in [1.807, 2.05) is 19.1 Å². The van der Waals surface area contributed by atoms with Crippen LogP contribution in [0.1, 0.15) is 57.1 Å². The number of unbranched alkanes of at least 4 members (excludes halogenated alkanes) is 3. The number of amides is 1. The lowest BCUT2D eigenvalue weighted by Crippen LogP contribution is -2.13. The van der Waals surface area contributed by atoms with Crippen LogP contribution in [-0.2, 0) is 11.2 Å². The molecular weight excluding hydrogens is 222 g/mol. The second-order valence-corrected chi connectivity index (χ2v) is 4.82. The first kappa shape index (κ1) is 14.7. The van der Waals surface area contributed by atoms with Crippen molar-refractivity contribution in [3.63, 3.8) is 0 Å². The molecule has 18 heavy (non-hydrogen) atoms. The predicted octanol–water partition coefficient (Wildman–Crippen LogP) is 4.47. The molecule has 1 N–H and O–H groups in total. The van der Waals surface area contributed by atoms with Gasteiger partial charge in [0, 0.05) is 12.1 Å². The zero-order valence-electron chi connectivity index (χ0n) is 11.9. The van der Waals surface area contributed by atoms with Crippen LogP contribution in [0.5, 0.6) is 0 Å². The Kier molecular flexibility index (Phi) is 6.48. The summed E-state index contributed by atoms with van der Waals surface area (Å²) in [6.07, 6.45) is 6.16. The van der Waals surface area contributed by atoms with Crippen LogP contribution < -0.4 is 5.32 Å². The maximum Gasteiger partial charge on any atom is 0.224 e. The van der Waals surface area contributed by atoms with Gasteiger partial charge in [0.25, 0.3) is 0 Å². The number of benzene rings is 1. The topological polar surface area (TPSA) is 29.1 Å². The fourth-order valence-electron chi connectivity index (χ4n) is 2.12. The van der Waals surface area contributed by atoms with Crippen molar-refractivity contribution in [3.8, 4) is 0 Å². The molecule has 0 heterocycles. The van der Waals surface area contributed by atoms with E-state index in [1.54, 1.807) is 0 Å². The number of carbonyl (C=O) groups excluding carboxylic acids is 1.